The highest BCUT2D eigenvalue weighted by Crippen LogP contribution is 2.32. The first-order valence-corrected chi connectivity index (χ1v) is 5.70. The Morgan fingerprint density at radius 3 is 3.08 bits per heavy atom. The quantitative estimate of drug-likeness (QED) is 0.736. The molecule has 0 aromatic carbocycles. The summed E-state index contributed by atoms with van der Waals surface area (Å²) in [5.41, 5.74) is 0.668. The summed E-state index contributed by atoms with van der Waals surface area (Å²) >= 11 is 6.98. The van der Waals surface area contributed by atoms with Crippen molar-refractivity contribution >= 4 is 60.1 Å². The highest BCUT2D eigenvalue weighted by molar-refractivity contribution is 14.1. The average molecular weight is 357 g/mol. The number of fused-ring (bicyclic) bond motifs is 1. The molecule has 0 amide bonds. The van der Waals surface area contributed by atoms with Crippen LogP contribution < -0.4 is 5.56 Å². The molecule has 62 valence electrons. The highest BCUT2D eigenvalue weighted by Gasteiger charge is 2.10. The molecule has 2 heterocycles. The van der Waals surface area contributed by atoms with Crippen LogP contribution in [0, 0.1) is 2.88 Å². The fraction of sp³-hybridized carbons (Fsp3) is 0. The highest BCUT2D eigenvalue weighted by atomic mass is 127. The van der Waals surface area contributed by atoms with Crippen LogP contribution in [-0.4, -0.2) is 9.97 Å². The third-order valence-electron chi connectivity index (χ3n) is 1.38. The lowest BCUT2D eigenvalue weighted by atomic mass is 10.5. The van der Waals surface area contributed by atoms with Crippen LogP contribution in [0.25, 0.3) is 10.2 Å². The van der Waals surface area contributed by atoms with Crippen LogP contribution in [0.2, 0.25) is 0 Å². The van der Waals surface area contributed by atoms with Gasteiger partial charge in [-0.2, -0.15) is 0 Å². The largest absolute Gasteiger partial charge is 0.312 e. The van der Waals surface area contributed by atoms with Gasteiger partial charge in [0.1, 0.15) is 10.2 Å². The Kier molecular flexibility index (Phi) is 2.21. The first-order chi connectivity index (χ1) is 5.70. The lowest BCUT2D eigenvalue weighted by Gasteiger charge is -1.85. The van der Waals surface area contributed by atoms with Gasteiger partial charge in [-0.25, -0.2) is 4.98 Å². The summed E-state index contributed by atoms with van der Waals surface area (Å²) < 4.78 is 2.63. The number of nitrogens with one attached hydrogen (secondary N) is 1. The summed E-state index contributed by atoms with van der Waals surface area (Å²) in [7, 11) is 0. The second kappa shape index (κ2) is 3.08. The van der Waals surface area contributed by atoms with E-state index in [9.17, 15) is 4.79 Å². The molecule has 2 aromatic heterocycles. The number of hydrogen-bond donors (Lipinski definition) is 1. The Bertz CT molecular complexity index is 492. The normalized spacial score (nSPS) is 10.8. The lowest BCUT2D eigenvalue weighted by molar-refractivity contribution is 1.18. The number of rotatable bonds is 0. The van der Waals surface area contributed by atoms with E-state index in [0.29, 0.717) is 4.70 Å². The van der Waals surface area contributed by atoms with E-state index in [-0.39, 0.29) is 5.56 Å². The maximum absolute atomic E-state index is 11.2. The summed E-state index contributed by atoms with van der Waals surface area (Å²) in [5.74, 6) is 0. The third-order valence-corrected chi connectivity index (χ3v) is 5.32. The fourth-order valence-corrected chi connectivity index (χ4v) is 3.22. The summed E-state index contributed by atoms with van der Waals surface area (Å²) in [6.07, 6.45) is 1.41. The SMILES string of the molecule is O=c1[nH]cnc2c(Br)c(I)sc12. The van der Waals surface area contributed by atoms with Crippen molar-refractivity contribution in [1.29, 1.82) is 0 Å². The number of halogens is 2. The van der Waals surface area contributed by atoms with Gasteiger partial charge in [0.2, 0.25) is 0 Å². The van der Waals surface area contributed by atoms with Gasteiger partial charge in [-0.15, -0.1) is 11.3 Å². The van der Waals surface area contributed by atoms with Crippen molar-refractivity contribution < 1.29 is 0 Å². The number of nitrogens with zero attached hydrogens (tertiary/aromatic N) is 1. The fourth-order valence-electron chi connectivity index (χ4n) is 0.866. The van der Waals surface area contributed by atoms with Crippen LogP contribution in [0.3, 0.4) is 0 Å². The van der Waals surface area contributed by atoms with Gasteiger partial charge in [-0.05, 0) is 38.5 Å². The summed E-state index contributed by atoms with van der Waals surface area (Å²) in [5, 5.41) is 0. The van der Waals surface area contributed by atoms with Crippen LogP contribution in [-0.2, 0) is 0 Å². The summed E-state index contributed by atoms with van der Waals surface area (Å²) in [6, 6.07) is 0. The van der Waals surface area contributed by atoms with Gasteiger partial charge in [0, 0.05) is 0 Å². The summed E-state index contributed by atoms with van der Waals surface area (Å²) in [6.45, 7) is 0. The van der Waals surface area contributed by atoms with Crippen molar-refractivity contribution in [1.82, 2.24) is 9.97 Å². The second-order valence-corrected chi connectivity index (χ2v) is 5.72. The van der Waals surface area contributed by atoms with Gasteiger partial charge in [-0.3, -0.25) is 4.79 Å². The first-order valence-electron chi connectivity index (χ1n) is 3.01. The molecule has 0 aliphatic heterocycles. The average Bonchev–Trinajstić information content (AvgIpc) is 2.32. The molecule has 0 radical (unpaired) electrons. The topological polar surface area (TPSA) is 45.8 Å². The van der Waals surface area contributed by atoms with E-state index < -0.39 is 0 Å². The molecule has 0 fully saturated rings. The number of hydrogen-bond acceptors (Lipinski definition) is 3. The zero-order chi connectivity index (χ0) is 8.72. The molecule has 12 heavy (non-hydrogen) atoms. The predicted octanol–water partition coefficient (Wildman–Crippen LogP) is 2.35. The predicted molar refractivity (Wildman–Crippen MR) is 60.7 cm³/mol. The van der Waals surface area contributed by atoms with Gasteiger partial charge >= 0.3 is 0 Å². The van der Waals surface area contributed by atoms with Gasteiger partial charge in [0.15, 0.2) is 0 Å². The van der Waals surface area contributed by atoms with Crippen LogP contribution in [0.4, 0.5) is 0 Å². The van der Waals surface area contributed by atoms with Crippen molar-refractivity contribution in [2.75, 3.05) is 0 Å². The lowest BCUT2D eigenvalue weighted by Crippen LogP contribution is -2.03. The molecule has 0 spiro atoms. The molecule has 2 aromatic rings. The smallest absolute Gasteiger partial charge is 0.268 e. The van der Waals surface area contributed by atoms with Gasteiger partial charge < -0.3 is 4.98 Å². The van der Waals surface area contributed by atoms with E-state index in [1.165, 1.54) is 17.7 Å². The molecule has 2 rings (SSSR count). The molecule has 3 nitrogen and oxygen atoms in total. The maximum Gasteiger partial charge on any atom is 0.268 e. The van der Waals surface area contributed by atoms with Gasteiger partial charge in [0.05, 0.1) is 13.7 Å². The zero-order valence-corrected chi connectivity index (χ0v) is 10.2. The van der Waals surface area contributed by atoms with Crippen molar-refractivity contribution in [3.05, 3.63) is 24.0 Å². The van der Waals surface area contributed by atoms with Crippen molar-refractivity contribution in [3.8, 4) is 0 Å². The minimum Gasteiger partial charge on any atom is -0.312 e. The summed E-state index contributed by atoms with van der Waals surface area (Å²) in [4.78, 5) is 17.8. The van der Waals surface area contributed by atoms with Gasteiger partial charge in [-0.1, -0.05) is 0 Å². The second-order valence-electron chi connectivity index (χ2n) is 2.10. The minimum atomic E-state index is -0.0754. The number of H-pyrrole nitrogens is 1. The van der Waals surface area contributed by atoms with Gasteiger partial charge in [0.25, 0.3) is 5.56 Å². The number of thiophene rings is 1. The molecule has 6 heteroatoms. The van der Waals surface area contributed by atoms with E-state index in [2.05, 4.69) is 48.5 Å². The number of aromatic nitrogens is 2. The van der Waals surface area contributed by atoms with E-state index in [0.717, 1.165) is 12.9 Å². The van der Waals surface area contributed by atoms with E-state index in [1.807, 2.05) is 0 Å². The molecular formula is C6H2BrIN2OS. The Morgan fingerprint density at radius 1 is 1.67 bits per heavy atom. The molecule has 0 atom stereocenters. The minimum absolute atomic E-state index is 0.0754. The van der Waals surface area contributed by atoms with E-state index in [1.54, 1.807) is 0 Å². The molecule has 0 saturated carbocycles. The maximum atomic E-state index is 11.2. The Morgan fingerprint density at radius 2 is 2.42 bits per heavy atom. The van der Waals surface area contributed by atoms with Crippen molar-refractivity contribution in [3.63, 3.8) is 0 Å². The third kappa shape index (κ3) is 1.21. The van der Waals surface area contributed by atoms with Crippen molar-refractivity contribution in [2.45, 2.75) is 0 Å². The molecule has 1 N–H and O–H groups in total. The molecular weight excluding hydrogens is 355 g/mol. The Labute approximate surface area is 93.5 Å². The first kappa shape index (κ1) is 8.64. The van der Waals surface area contributed by atoms with Crippen LogP contribution in [0.15, 0.2) is 15.6 Å². The Hall–Kier alpha value is 0.0500. The monoisotopic (exact) mass is 356 g/mol. The van der Waals surface area contributed by atoms with Crippen LogP contribution >= 0.6 is 49.9 Å². The van der Waals surface area contributed by atoms with Crippen LogP contribution in [0.5, 0.6) is 0 Å². The molecule has 0 bridgehead atoms. The van der Waals surface area contributed by atoms with E-state index >= 15 is 0 Å². The van der Waals surface area contributed by atoms with Crippen molar-refractivity contribution in [2.24, 2.45) is 0 Å². The molecule has 0 saturated heterocycles. The standard InChI is InChI=1S/C6H2BrIN2OS/c7-2-3-4(12-5(2)8)6(11)10-1-9-3/h1H,(H,9,10,11). The number of aromatic amines is 1. The Balaban J connectivity index is 3.05. The van der Waals surface area contributed by atoms with Crippen LogP contribution in [0.1, 0.15) is 0 Å². The molecule has 0 aliphatic carbocycles. The van der Waals surface area contributed by atoms with E-state index in [4.69, 9.17) is 0 Å². The molecule has 0 aliphatic rings. The zero-order valence-electron chi connectivity index (χ0n) is 5.60. The molecule has 0 unspecified atom stereocenters.